The van der Waals surface area contributed by atoms with Crippen molar-refractivity contribution in [1.29, 1.82) is 5.26 Å². The number of esters is 1. The fourth-order valence-corrected chi connectivity index (χ4v) is 2.48. The second-order valence-electron chi connectivity index (χ2n) is 6.01. The van der Waals surface area contributed by atoms with Crippen molar-refractivity contribution in [3.63, 3.8) is 0 Å². The van der Waals surface area contributed by atoms with Crippen LogP contribution in [0.1, 0.15) is 22.8 Å². The van der Waals surface area contributed by atoms with E-state index in [0.29, 0.717) is 17.1 Å². The van der Waals surface area contributed by atoms with Crippen molar-refractivity contribution in [2.45, 2.75) is 6.92 Å². The van der Waals surface area contributed by atoms with Gasteiger partial charge in [0.05, 0.1) is 19.3 Å². The molecule has 2 aromatic carbocycles. The second-order valence-corrected chi connectivity index (χ2v) is 6.01. The van der Waals surface area contributed by atoms with Gasteiger partial charge in [-0.05, 0) is 48.9 Å². The smallest absolute Gasteiger partial charge is 0.344 e. The van der Waals surface area contributed by atoms with Crippen LogP contribution in [-0.4, -0.2) is 43.3 Å². The van der Waals surface area contributed by atoms with Crippen molar-refractivity contribution < 1.29 is 33.7 Å². The first-order chi connectivity index (χ1) is 14.9. The molecule has 2 aromatic rings. The van der Waals surface area contributed by atoms with Gasteiger partial charge in [-0.15, -0.1) is 0 Å². The molecule has 31 heavy (non-hydrogen) atoms. The van der Waals surface area contributed by atoms with Gasteiger partial charge in [-0.2, -0.15) is 5.26 Å². The first kappa shape index (κ1) is 23.0. The maximum absolute atomic E-state index is 12.4. The number of carbonyl (C=O) groups is 3. The summed E-state index contributed by atoms with van der Waals surface area (Å²) in [6.07, 6.45) is 1.34. The average molecular weight is 424 g/mol. The summed E-state index contributed by atoms with van der Waals surface area (Å²) >= 11 is 0. The van der Waals surface area contributed by atoms with Gasteiger partial charge in [-0.25, -0.2) is 9.59 Å². The number of carboxylic acid groups (broad SMARTS) is 1. The summed E-state index contributed by atoms with van der Waals surface area (Å²) in [6, 6.07) is 12.1. The summed E-state index contributed by atoms with van der Waals surface area (Å²) in [5.74, 6) is -1.77. The van der Waals surface area contributed by atoms with E-state index in [-0.39, 0.29) is 30.0 Å². The Morgan fingerprint density at radius 1 is 1.16 bits per heavy atom. The number of carboxylic acids is 1. The quantitative estimate of drug-likeness (QED) is 0.356. The number of aromatic carboxylic acids is 1. The number of methoxy groups -OCH3 is 1. The van der Waals surface area contributed by atoms with Gasteiger partial charge in [0.1, 0.15) is 11.6 Å². The molecule has 0 saturated heterocycles. The highest BCUT2D eigenvalue weighted by Crippen LogP contribution is 2.29. The van der Waals surface area contributed by atoms with E-state index in [1.165, 1.54) is 49.6 Å². The topological polar surface area (TPSA) is 135 Å². The molecule has 0 bridgehead atoms. The van der Waals surface area contributed by atoms with E-state index in [2.05, 4.69) is 5.32 Å². The van der Waals surface area contributed by atoms with Crippen molar-refractivity contribution in [3.8, 4) is 17.6 Å². The lowest BCUT2D eigenvalue weighted by Gasteiger charge is -2.11. The predicted octanol–water partition coefficient (Wildman–Crippen LogP) is 2.88. The number of benzene rings is 2. The highest BCUT2D eigenvalue weighted by molar-refractivity contribution is 6.10. The molecule has 9 heteroatoms. The van der Waals surface area contributed by atoms with Crippen molar-refractivity contribution >= 4 is 29.6 Å². The molecule has 1 amide bonds. The third-order valence-corrected chi connectivity index (χ3v) is 3.88. The van der Waals surface area contributed by atoms with E-state index in [1.807, 2.05) is 6.07 Å². The zero-order valence-corrected chi connectivity index (χ0v) is 16.9. The SMILES string of the molecule is CCOC(=O)COc1ccc(/C=C(/C#N)C(=O)Nc2cccc(C(=O)O)c2)cc1OC. The maximum atomic E-state index is 12.4. The fraction of sp³-hybridized carbons (Fsp3) is 0.182. The molecule has 2 rings (SSSR count). The van der Waals surface area contributed by atoms with Crippen LogP contribution in [0.5, 0.6) is 11.5 Å². The third-order valence-electron chi connectivity index (χ3n) is 3.88. The van der Waals surface area contributed by atoms with Crippen LogP contribution in [0, 0.1) is 11.3 Å². The summed E-state index contributed by atoms with van der Waals surface area (Å²) in [5, 5.41) is 20.9. The molecule has 0 atom stereocenters. The van der Waals surface area contributed by atoms with Gasteiger partial charge < -0.3 is 24.6 Å². The molecule has 0 saturated carbocycles. The Hall–Kier alpha value is -4.32. The van der Waals surface area contributed by atoms with Gasteiger partial charge >= 0.3 is 11.9 Å². The molecule has 0 spiro atoms. The monoisotopic (exact) mass is 424 g/mol. The lowest BCUT2D eigenvalue weighted by molar-refractivity contribution is -0.145. The van der Waals surface area contributed by atoms with E-state index in [0.717, 1.165) is 0 Å². The molecule has 0 aliphatic rings. The summed E-state index contributed by atoms with van der Waals surface area (Å²) < 4.78 is 15.4. The van der Waals surface area contributed by atoms with Gasteiger partial charge in [0.25, 0.3) is 5.91 Å². The third kappa shape index (κ3) is 6.61. The standard InChI is InChI=1S/C22H20N2O7/c1-3-30-20(25)13-31-18-8-7-14(10-19(18)29-2)9-16(12-23)21(26)24-17-6-4-5-15(11-17)22(27)28/h4-11H,3,13H2,1-2H3,(H,24,26)(H,27,28)/b16-9-. The number of carbonyl (C=O) groups excluding carboxylic acids is 2. The van der Waals surface area contributed by atoms with Crippen LogP contribution in [0.15, 0.2) is 48.0 Å². The molecule has 0 heterocycles. The van der Waals surface area contributed by atoms with Gasteiger partial charge in [-0.1, -0.05) is 12.1 Å². The molecule has 0 aliphatic carbocycles. The Balaban J connectivity index is 2.18. The van der Waals surface area contributed by atoms with Crippen molar-refractivity contribution in [1.82, 2.24) is 0 Å². The molecule has 0 radical (unpaired) electrons. The van der Waals surface area contributed by atoms with Crippen LogP contribution < -0.4 is 14.8 Å². The first-order valence-electron chi connectivity index (χ1n) is 9.10. The lowest BCUT2D eigenvalue weighted by atomic mass is 10.1. The van der Waals surface area contributed by atoms with E-state index in [1.54, 1.807) is 13.0 Å². The van der Waals surface area contributed by atoms with Crippen LogP contribution in [0.4, 0.5) is 5.69 Å². The number of nitrogens with one attached hydrogen (secondary N) is 1. The molecular formula is C22H20N2O7. The van der Waals surface area contributed by atoms with E-state index >= 15 is 0 Å². The predicted molar refractivity (Wildman–Crippen MR) is 111 cm³/mol. The van der Waals surface area contributed by atoms with Gasteiger partial charge in [0.2, 0.25) is 0 Å². The summed E-state index contributed by atoms with van der Waals surface area (Å²) in [5.41, 5.74) is 0.518. The molecule has 2 N–H and O–H groups in total. The Labute approximate surface area is 178 Å². The maximum Gasteiger partial charge on any atom is 0.344 e. The van der Waals surface area contributed by atoms with Gasteiger partial charge in [-0.3, -0.25) is 4.79 Å². The van der Waals surface area contributed by atoms with Crippen LogP contribution in [0.2, 0.25) is 0 Å². The van der Waals surface area contributed by atoms with Gasteiger partial charge in [0, 0.05) is 5.69 Å². The Morgan fingerprint density at radius 3 is 2.58 bits per heavy atom. The minimum atomic E-state index is -1.13. The molecule has 160 valence electrons. The van der Waals surface area contributed by atoms with E-state index < -0.39 is 17.8 Å². The first-order valence-corrected chi connectivity index (χ1v) is 9.10. The van der Waals surface area contributed by atoms with Gasteiger partial charge in [0.15, 0.2) is 18.1 Å². The van der Waals surface area contributed by atoms with Crippen LogP contribution in [0.3, 0.4) is 0 Å². The number of nitrogens with zero attached hydrogens (tertiary/aromatic N) is 1. The highest BCUT2D eigenvalue weighted by atomic mass is 16.6. The van der Waals surface area contributed by atoms with Crippen LogP contribution in [0.25, 0.3) is 6.08 Å². The molecular weight excluding hydrogens is 404 g/mol. The number of hydrogen-bond donors (Lipinski definition) is 2. The lowest BCUT2D eigenvalue weighted by Crippen LogP contribution is -2.15. The van der Waals surface area contributed by atoms with E-state index in [9.17, 15) is 19.6 Å². The zero-order chi connectivity index (χ0) is 22.8. The second kappa shape index (κ2) is 11.0. The summed E-state index contributed by atoms with van der Waals surface area (Å²) in [7, 11) is 1.41. The minimum absolute atomic E-state index is 0.00318. The number of ether oxygens (including phenoxy) is 3. The Kier molecular flexibility index (Phi) is 8.16. The minimum Gasteiger partial charge on any atom is -0.493 e. The van der Waals surface area contributed by atoms with E-state index in [4.69, 9.17) is 19.3 Å². The largest absolute Gasteiger partial charge is 0.493 e. The number of nitriles is 1. The summed E-state index contributed by atoms with van der Waals surface area (Å²) in [6.45, 7) is 1.63. The molecule has 0 aromatic heterocycles. The van der Waals surface area contributed by atoms with Crippen LogP contribution >= 0.6 is 0 Å². The fourth-order valence-electron chi connectivity index (χ4n) is 2.48. The number of anilines is 1. The van der Waals surface area contributed by atoms with Crippen molar-refractivity contribution in [2.75, 3.05) is 25.6 Å². The Bertz CT molecular complexity index is 1050. The average Bonchev–Trinajstić information content (AvgIpc) is 2.76. The Morgan fingerprint density at radius 2 is 1.94 bits per heavy atom. The number of amides is 1. The zero-order valence-electron chi connectivity index (χ0n) is 16.9. The molecule has 0 fully saturated rings. The molecule has 0 aliphatic heterocycles. The highest BCUT2D eigenvalue weighted by Gasteiger charge is 2.13. The molecule has 0 unspecified atom stereocenters. The number of hydrogen-bond acceptors (Lipinski definition) is 7. The van der Waals surface area contributed by atoms with Crippen molar-refractivity contribution in [2.24, 2.45) is 0 Å². The number of rotatable bonds is 9. The normalized spacial score (nSPS) is 10.5. The van der Waals surface area contributed by atoms with Crippen molar-refractivity contribution in [3.05, 3.63) is 59.2 Å². The molecule has 9 nitrogen and oxygen atoms in total. The summed E-state index contributed by atoms with van der Waals surface area (Å²) in [4.78, 5) is 34.9. The van der Waals surface area contributed by atoms with Crippen LogP contribution in [-0.2, 0) is 14.3 Å².